The van der Waals surface area contributed by atoms with Gasteiger partial charge in [0.05, 0.1) is 12.6 Å². The molecule has 1 N–H and O–H groups in total. The maximum atomic E-state index is 13.4. The van der Waals surface area contributed by atoms with Gasteiger partial charge in [-0.2, -0.15) is 0 Å². The molecule has 5 nitrogen and oxygen atoms in total. The lowest BCUT2D eigenvalue weighted by Gasteiger charge is -2.37. The summed E-state index contributed by atoms with van der Waals surface area (Å²) in [6, 6.07) is 37.7. The van der Waals surface area contributed by atoms with E-state index >= 15 is 0 Å². The van der Waals surface area contributed by atoms with Crippen molar-refractivity contribution in [1.82, 2.24) is 9.80 Å². The highest BCUT2D eigenvalue weighted by Crippen LogP contribution is 2.30. The second-order valence-corrected chi connectivity index (χ2v) is 11.3. The Labute approximate surface area is 243 Å². The van der Waals surface area contributed by atoms with Crippen molar-refractivity contribution in [2.24, 2.45) is 0 Å². The molecule has 4 aromatic rings. The molecule has 6 rings (SSSR count). The average molecular weight is 546 g/mol. The number of hydrogen-bond donors (Lipinski definition) is 1. The minimum atomic E-state index is -0.679. The van der Waals surface area contributed by atoms with Gasteiger partial charge in [0.1, 0.15) is 0 Å². The highest BCUT2D eigenvalue weighted by atomic mass is 16.3. The summed E-state index contributed by atoms with van der Waals surface area (Å²) in [6.07, 6.45) is 1.23. The van der Waals surface area contributed by atoms with Crippen LogP contribution in [0.25, 0.3) is 0 Å². The van der Waals surface area contributed by atoms with Crippen LogP contribution < -0.4 is 4.90 Å². The molecule has 0 spiro atoms. The van der Waals surface area contributed by atoms with Gasteiger partial charge in [-0.05, 0) is 53.8 Å². The fourth-order valence-corrected chi connectivity index (χ4v) is 6.31. The fourth-order valence-electron chi connectivity index (χ4n) is 6.31. The number of amides is 1. The molecule has 2 heterocycles. The van der Waals surface area contributed by atoms with E-state index in [-0.39, 0.29) is 5.91 Å². The van der Waals surface area contributed by atoms with Gasteiger partial charge in [0, 0.05) is 49.9 Å². The summed E-state index contributed by atoms with van der Waals surface area (Å²) in [5.41, 5.74) is 6.61. The number of benzene rings is 4. The number of piperazine rings is 1. The van der Waals surface area contributed by atoms with Crippen molar-refractivity contribution in [3.63, 3.8) is 0 Å². The van der Waals surface area contributed by atoms with Crippen LogP contribution in [-0.2, 0) is 6.42 Å². The highest BCUT2D eigenvalue weighted by Gasteiger charge is 2.28. The number of anilines is 1. The molecule has 210 valence electrons. The molecule has 4 aromatic carbocycles. The Kier molecular flexibility index (Phi) is 8.45. The topological polar surface area (TPSA) is 47.0 Å². The van der Waals surface area contributed by atoms with Crippen LogP contribution in [-0.4, -0.2) is 66.6 Å². The fraction of sp³-hybridized carbons (Fsp3) is 0.306. The molecular weight excluding hydrogens is 506 g/mol. The first-order valence-electron chi connectivity index (χ1n) is 14.9. The van der Waals surface area contributed by atoms with Crippen LogP contribution in [0, 0.1) is 0 Å². The summed E-state index contributed by atoms with van der Waals surface area (Å²) < 4.78 is 0. The molecule has 1 atom stereocenters. The van der Waals surface area contributed by atoms with E-state index in [0.717, 1.165) is 67.9 Å². The number of rotatable bonds is 9. The van der Waals surface area contributed by atoms with E-state index in [2.05, 4.69) is 88.7 Å². The Morgan fingerprint density at radius 3 is 1.88 bits per heavy atom. The molecule has 0 aliphatic carbocycles. The van der Waals surface area contributed by atoms with Gasteiger partial charge in [-0.25, -0.2) is 0 Å². The number of nitrogens with zero attached hydrogens (tertiary/aromatic N) is 3. The summed E-state index contributed by atoms with van der Waals surface area (Å²) in [5, 5.41) is 10.7. The normalized spacial score (nSPS) is 16.6. The smallest absolute Gasteiger partial charge is 0.254 e. The Morgan fingerprint density at radius 2 is 1.27 bits per heavy atom. The van der Waals surface area contributed by atoms with Crippen LogP contribution in [0.2, 0.25) is 0 Å². The number of fused-ring (bicyclic) bond motifs is 1. The number of carbonyl (C=O) groups excluding carboxylic acids is 1. The SMILES string of the molecule is O=C1c2cc(N3CCN(CCC(c4ccccc4)c4ccccc4)CC3)ccc2CCN1CC(O)c1ccccc1. The van der Waals surface area contributed by atoms with E-state index in [9.17, 15) is 9.90 Å². The third-order valence-corrected chi connectivity index (χ3v) is 8.72. The molecule has 2 aliphatic heterocycles. The van der Waals surface area contributed by atoms with Gasteiger partial charge >= 0.3 is 0 Å². The lowest BCUT2D eigenvalue weighted by molar-refractivity contribution is 0.0604. The summed E-state index contributed by atoms with van der Waals surface area (Å²) in [6.45, 7) is 5.94. The van der Waals surface area contributed by atoms with Crippen LogP contribution in [0.1, 0.15) is 51.1 Å². The van der Waals surface area contributed by atoms with Crippen molar-refractivity contribution in [3.05, 3.63) is 137 Å². The van der Waals surface area contributed by atoms with E-state index in [1.807, 2.05) is 30.3 Å². The van der Waals surface area contributed by atoms with E-state index in [0.29, 0.717) is 19.0 Å². The lowest BCUT2D eigenvalue weighted by atomic mass is 9.88. The zero-order valence-corrected chi connectivity index (χ0v) is 23.6. The summed E-state index contributed by atoms with van der Waals surface area (Å²) >= 11 is 0. The van der Waals surface area contributed by atoms with Crippen LogP contribution in [0.3, 0.4) is 0 Å². The van der Waals surface area contributed by atoms with Crippen LogP contribution >= 0.6 is 0 Å². The second-order valence-electron chi connectivity index (χ2n) is 11.3. The molecule has 0 bridgehead atoms. The van der Waals surface area contributed by atoms with Gasteiger partial charge < -0.3 is 14.9 Å². The Morgan fingerprint density at radius 1 is 0.683 bits per heavy atom. The predicted molar refractivity (Wildman–Crippen MR) is 165 cm³/mol. The molecule has 2 aliphatic rings. The van der Waals surface area contributed by atoms with Crippen molar-refractivity contribution < 1.29 is 9.90 Å². The third-order valence-electron chi connectivity index (χ3n) is 8.72. The van der Waals surface area contributed by atoms with Gasteiger partial charge in [0.15, 0.2) is 0 Å². The van der Waals surface area contributed by atoms with Crippen molar-refractivity contribution in [3.8, 4) is 0 Å². The monoisotopic (exact) mass is 545 g/mol. The Bertz CT molecular complexity index is 1380. The van der Waals surface area contributed by atoms with Crippen molar-refractivity contribution in [2.45, 2.75) is 24.9 Å². The van der Waals surface area contributed by atoms with Gasteiger partial charge in [-0.3, -0.25) is 9.69 Å². The number of aliphatic hydroxyl groups is 1. The first-order chi connectivity index (χ1) is 20.2. The zero-order chi connectivity index (χ0) is 28.0. The largest absolute Gasteiger partial charge is 0.387 e. The zero-order valence-electron chi connectivity index (χ0n) is 23.6. The molecule has 1 fully saturated rings. The minimum absolute atomic E-state index is 0.0228. The predicted octanol–water partition coefficient (Wildman–Crippen LogP) is 5.76. The van der Waals surface area contributed by atoms with Crippen LogP contribution in [0.5, 0.6) is 0 Å². The first-order valence-corrected chi connectivity index (χ1v) is 14.9. The highest BCUT2D eigenvalue weighted by molar-refractivity contribution is 5.97. The Balaban J connectivity index is 1.07. The Hall–Kier alpha value is -3.93. The molecule has 1 amide bonds. The molecule has 0 saturated carbocycles. The number of β-amino-alcohol motifs (C(OH)–C–C–N with tert-alkyl or cyclic N) is 1. The maximum Gasteiger partial charge on any atom is 0.254 e. The van der Waals surface area contributed by atoms with E-state index < -0.39 is 6.10 Å². The van der Waals surface area contributed by atoms with E-state index in [4.69, 9.17) is 0 Å². The minimum Gasteiger partial charge on any atom is -0.387 e. The number of carbonyl (C=O) groups is 1. The summed E-state index contributed by atoms with van der Waals surface area (Å²) in [4.78, 5) is 20.2. The van der Waals surface area contributed by atoms with Crippen molar-refractivity contribution in [1.29, 1.82) is 0 Å². The molecule has 0 radical (unpaired) electrons. The van der Waals surface area contributed by atoms with Gasteiger partial charge in [-0.15, -0.1) is 0 Å². The van der Waals surface area contributed by atoms with Crippen molar-refractivity contribution >= 4 is 11.6 Å². The van der Waals surface area contributed by atoms with Gasteiger partial charge in [0.2, 0.25) is 0 Å². The molecule has 5 heteroatoms. The van der Waals surface area contributed by atoms with Gasteiger partial charge in [-0.1, -0.05) is 97.1 Å². The van der Waals surface area contributed by atoms with Crippen LogP contribution in [0.15, 0.2) is 109 Å². The summed E-state index contributed by atoms with van der Waals surface area (Å²) in [7, 11) is 0. The second kappa shape index (κ2) is 12.7. The maximum absolute atomic E-state index is 13.4. The molecule has 1 unspecified atom stereocenters. The van der Waals surface area contributed by atoms with E-state index in [1.54, 1.807) is 4.90 Å². The summed E-state index contributed by atoms with van der Waals surface area (Å²) in [5.74, 6) is 0.417. The quantitative estimate of drug-likeness (QED) is 0.290. The molecule has 1 saturated heterocycles. The first kappa shape index (κ1) is 27.3. The lowest BCUT2D eigenvalue weighted by Crippen LogP contribution is -2.47. The average Bonchev–Trinajstić information content (AvgIpc) is 3.04. The standard InChI is InChI=1S/C36H39N3O2/c40-35(31-14-8-3-9-15-31)27-39-21-18-30-16-17-32(26-34(30)36(39)41)38-24-22-37(23-25-38)20-19-33(28-10-4-1-5-11-28)29-12-6-2-7-13-29/h1-17,26,33,35,40H,18-25,27H2. The molecule has 41 heavy (non-hydrogen) atoms. The van der Waals surface area contributed by atoms with Crippen LogP contribution in [0.4, 0.5) is 5.69 Å². The van der Waals surface area contributed by atoms with E-state index in [1.165, 1.54) is 11.1 Å². The molecule has 0 aromatic heterocycles. The van der Waals surface area contributed by atoms with Gasteiger partial charge in [0.25, 0.3) is 5.91 Å². The van der Waals surface area contributed by atoms with Crippen molar-refractivity contribution in [2.75, 3.05) is 50.7 Å². The number of hydrogen-bond acceptors (Lipinski definition) is 4. The third kappa shape index (κ3) is 6.37. The molecular formula is C36H39N3O2. The number of aliphatic hydroxyl groups excluding tert-OH is 1.